The molecule has 3 rings (SSSR count). The van der Waals surface area contributed by atoms with E-state index in [1.807, 2.05) is 78.9 Å². The molecule has 0 radical (unpaired) electrons. The highest BCUT2D eigenvalue weighted by Crippen LogP contribution is 2.10. The van der Waals surface area contributed by atoms with Crippen LogP contribution in [-0.4, -0.2) is 11.5 Å². The molecule has 0 aliphatic heterocycles. The number of hydrogen-bond acceptors (Lipinski definition) is 3. The van der Waals surface area contributed by atoms with Gasteiger partial charge in [0.05, 0.1) is 0 Å². The largest absolute Gasteiger partial charge is 0.390 e. The molecular weight excluding hydrogens is 298 g/mol. The third-order valence-corrected chi connectivity index (χ3v) is 3.53. The van der Waals surface area contributed by atoms with Gasteiger partial charge in [0.2, 0.25) is 5.78 Å². The number of nitrogens with zero attached hydrogens (tertiary/aromatic N) is 1. The maximum absolute atomic E-state index is 12.8. The Morgan fingerprint density at radius 2 is 1.21 bits per heavy atom. The standard InChI is InChI=1S/C21H17NO2/c23-21(19-14-8-3-9-15-19)20(18-12-6-2-7-13-18)22-24-16-17-10-4-1-5-11-17/h1-15H,16H2/b22-20+. The summed E-state index contributed by atoms with van der Waals surface area (Å²) in [5.41, 5.74) is 2.63. The molecule has 0 heterocycles. The molecule has 0 spiro atoms. The van der Waals surface area contributed by atoms with Gasteiger partial charge >= 0.3 is 0 Å². The number of carbonyl (C=O) groups excluding carboxylic acids is 1. The summed E-state index contributed by atoms with van der Waals surface area (Å²) < 4.78 is 0. The lowest BCUT2D eigenvalue weighted by atomic mass is 10.0. The van der Waals surface area contributed by atoms with E-state index >= 15 is 0 Å². The summed E-state index contributed by atoms with van der Waals surface area (Å²) in [5.74, 6) is -0.158. The Hall–Kier alpha value is -3.20. The summed E-state index contributed by atoms with van der Waals surface area (Å²) in [5, 5.41) is 4.13. The van der Waals surface area contributed by atoms with Crippen molar-refractivity contribution in [3.05, 3.63) is 108 Å². The van der Waals surface area contributed by atoms with Crippen molar-refractivity contribution >= 4 is 11.5 Å². The molecule has 0 saturated carbocycles. The minimum absolute atomic E-state index is 0.158. The molecule has 0 aliphatic rings. The number of rotatable bonds is 6. The normalized spacial score (nSPS) is 11.1. The van der Waals surface area contributed by atoms with Gasteiger partial charge in [-0.05, 0) is 5.56 Å². The highest BCUT2D eigenvalue weighted by atomic mass is 16.6. The number of hydrogen-bond donors (Lipinski definition) is 0. The van der Waals surface area contributed by atoms with Gasteiger partial charge < -0.3 is 4.84 Å². The average Bonchev–Trinajstić information content (AvgIpc) is 2.67. The second-order valence-electron chi connectivity index (χ2n) is 5.26. The fourth-order valence-corrected chi connectivity index (χ4v) is 2.29. The second kappa shape index (κ2) is 7.88. The van der Waals surface area contributed by atoms with Crippen LogP contribution < -0.4 is 0 Å². The number of carbonyl (C=O) groups is 1. The van der Waals surface area contributed by atoms with Gasteiger partial charge in [-0.2, -0.15) is 0 Å². The molecule has 0 amide bonds. The van der Waals surface area contributed by atoms with Crippen molar-refractivity contribution in [2.75, 3.05) is 0 Å². The molecule has 3 heteroatoms. The smallest absolute Gasteiger partial charge is 0.215 e. The SMILES string of the molecule is O=C(/C(=N/OCc1ccccc1)c1ccccc1)c1ccccc1. The van der Waals surface area contributed by atoms with Gasteiger partial charge in [-0.3, -0.25) is 4.79 Å². The van der Waals surface area contributed by atoms with E-state index in [4.69, 9.17) is 4.84 Å². The Morgan fingerprint density at radius 1 is 0.708 bits per heavy atom. The zero-order chi connectivity index (χ0) is 16.6. The number of ketones is 1. The Labute approximate surface area is 141 Å². The number of benzene rings is 3. The average molecular weight is 315 g/mol. The predicted molar refractivity (Wildman–Crippen MR) is 95.0 cm³/mol. The van der Waals surface area contributed by atoms with Crippen LogP contribution in [0.5, 0.6) is 0 Å². The van der Waals surface area contributed by atoms with Gasteiger partial charge in [-0.25, -0.2) is 0 Å². The molecule has 118 valence electrons. The van der Waals surface area contributed by atoms with Crippen LogP contribution in [0.3, 0.4) is 0 Å². The molecule has 0 bridgehead atoms. The van der Waals surface area contributed by atoms with Crippen LogP contribution in [0.1, 0.15) is 21.5 Å². The minimum Gasteiger partial charge on any atom is -0.390 e. The van der Waals surface area contributed by atoms with Crippen molar-refractivity contribution in [3.8, 4) is 0 Å². The van der Waals surface area contributed by atoms with Gasteiger partial charge in [0.15, 0.2) is 5.71 Å². The van der Waals surface area contributed by atoms with Crippen LogP contribution in [0, 0.1) is 0 Å². The van der Waals surface area contributed by atoms with E-state index < -0.39 is 0 Å². The van der Waals surface area contributed by atoms with E-state index in [1.54, 1.807) is 12.1 Å². The van der Waals surface area contributed by atoms with Gasteiger partial charge in [0, 0.05) is 11.1 Å². The molecule has 3 aromatic carbocycles. The van der Waals surface area contributed by atoms with Crippen molar-refractivity contribution < 1.29 is 9.63 Å². The molecule has 3 aromatic rings. The first-order valence-electron chi connectivity index (χ1n) is 7.73. The molecule has 0 atom stereocenters. The maximum atomic E-state index is 12.8. The van der Waals surface area contributed by atoms with Crippen LogP contribution in [0.25, 0.3) is 0 Å². The molecule has 0 N–H and O–H groups in total. The van der Waals surface area contributed by atoms with E-state index in [1.165, 1.54) is 0 Å². The topological polar surface area (TPSA) is 38.7 Å². The van der Waals surface area contributed by atoms with E-state index in [2.05, 4.69) is 5.16 Å². The van der Waals surface area contributed by atoms with Crippen LogP contribution in [0.2, 0.25) is 0 Å². The summed E-state index contributed by atoms with van der Waals surface area (Å²) in [4.78, 5) is 18.2. The van der Waals surface area contributed by atoms with Gasteiger partial charge in [0.1, 0.15) is 6.61 Å². The van der Waals surface area contributed by atoms with Gasteiger partial charge in [-0.1, -0.05) is 96.2 Å². The lowest BCUT2D eigenvalue weighted by Gasteiger charge is -2.07. The molecule has 3 nitrogen and oxygen atoms in total. The zero-order valence-electron chi connectivity index (χ0n) is 13.1. The van der Waals surface area contributed by atoms with E-state index in [-0.39, 0.29) is 5.78 Å². The molecule has 0 saturated heterocycles. The molecular formula is C21H17NO2. The summed E-state index contributed by atoms with van der Waals surface area (Å²) >= 11 is 0. The van der Waals surface area contributed by atoms with Gasteiger partial charge in [0.25, 0.3) is 0 Å². The summed E-state index contributed by atoms with van der Waals surface area (Å²) in [7, 11) is 0. The first kappa shape index (κ1) is 15.7. The quantitative estimate of drug-likeness (QED) is 0.382. The Balaban J connectivity index is 1.85. The first-order valence-corrected chi connectivity index (χ1v) is 7.73. The first-order chi connectivity index (χ1) is 11.8. The molecule has 0 fully saturated rings. The van der Waals surface area contributed by atoms with Crippen LogP contribution >= 0.6 is 0 Å². The van der Waals surface area contributed by atoms with Crippen molar-refractivity contribution in [2.45, 2.75) is 6.61 Å². The Bertz CT molecular complexity index is 812. The summed E-state index contributed by atoms with van der Waals surface area (Å²) in [6, 6.07) is 28.2. The maximum Gasteiger partial charge on any atom is 0.215 e. The fraction of sp³-hybridized carbons (Fsp3) is 0.0476. The number of oxime groups is 1. The lowest BCUT2D eigenvalue weighted by Crippen LogP contribution is -2.16. The van der Waals surface area contributed by atoms with Crippen LogP contribution in [0.4, 0.5) is 0 Å². The third kappa shape index (κ3) is 3.96. The van der Waals surface area contributed by atoms with Crippen molar-refractivity contribution in [1.29, 1.82) is 0 Å². The minimum atomic E-state index is -0.158. The molecule has 0 aromatic heterocycles. The van der Waals surface area contributed by atoms with E-state index in [9.17, 15) is 4.79 Å². The van der Waals surface area contributed by atoms with Gasteiger partial charge in [-0.15, -0.1) is 0 Å². The zero-order valence-corrected chi connectivity index (χ0v) is 13.1. The lowest BCUT2D eigenvalue weighted by molar-refractivity contribution is 0.103. The highest BCUT2D eigenvalue weighted by molar-refractivity contribution is 6.51. The fourth-order valence-electron chi connectivity index (χ4n) is 2.29. The predicted octanol–water partition coefficient (Wildman–Crippen LogP) is 4.49. The Kier molecular flexibility index (Phi) is 5.15. The van der Waals surface area contributed by atoms with Crippen molar-refractivity contribution in [3.63, 3.8) is 0 Å². The van der Waals surface area contributed by atoms with Crippen LogP contribution in [0.15, 0.2) is 96.2 Å². The highest BCUT2D eigenvalue weighted by Gasteiger charge is 2.16. The summed E-state index contributed by atoms with van der Waals surface area (Å²) in [6.07, 6.45) is 0. The van der Waals surface area contributed by atoms with E-state index in [0.717, 1.165) is 11.1 Å². The molecule has 0 aliphatic carbocycles. The molecule has 24 heavy (non-hydrogen) atoms. The summed E-state index contributed by atoms with van der Waals surface area (Å²) in [6.45, 7) is 0.319. The Morgan fingerprint density at radius 3 is 1.79 bits per heavy atom. The van der Waals surface area contributed by atoms with Crippen molar-refractivity contribution in [1.82, 2.24) is 0 Å². The monoisotopic (exact) mass is 315 g/mol. The third-order valence-electron chi connectivity index (χ3n) is 3.53. The van der Waals surface area contributed by atoms with E-state index in [0.29, 0.717) is 17.9 Å². The van der Waals surface area contributed by atoms with Crippen molar-refractivity contribution in [2.24, 2.45) is 5.16 Å². The second-order valence-corrected chi connectivity index (χ2v) is 5.26. The van der Waals surface area contributed by atoms with Crippen LogP contribution in [-0.2, 0) is 11.4 Å². The number of Topliss-reactive ketones (excluding diaryl/α,β-unsaturated/α-hetero) is 1. The molecule has 0 unspecified atom stereocenters.